The Bertz CT molecular complexity index is 849. The fraction of sp³-hybridized carbons (Fsp3) is 0.118. The highest BCUT2D eigenvalue weighted by atomic mass is 32.2. The molecule has 0 saturated carbocycles. The molecule has 2 rings (SSSR count). The van der Waals surface area contributed by atoms with Gasteiger partial charge in [0.05, 0.1) is 12.0 Å². The maximum Gasteiger partial charge on any atom is 0.185 e. The molecule has 5 nitrogen and oxygen atoms in total. The zero-order chi connectivity index (χ0) is 17.0. The molecule has 0 heterocycles. The van der Waals surface area contributed by atoms with Gasteiger partial charge in [0.1, 0.15) is 0 Å². The number of hydrogen-bond acceptors (Lipinski definition) is 5. The predicted octanol–water partition coefficient (Wildman–Crippen LogP) is 2.70. The van der Waals surface area contributed by atoms with Crippen molar-refractivity contribution in [2.24, 2.45) is 0 Å². The van der Waals surface area contributed by atoms with Gasteiger partial charge in [0.25, 0.3) is 0 Å². The molecule has 0 unspecified atom stereocenters. The zero-order valence-electron chi connectivity index (χ0n) is 12.7. The number of phenolic OH excluding ortho intramolecular Hbond substituents is 1. The smallest absolute Gasteiger partial charge is 0.185 e. The lowest BCUT2D eigenvalue weighted by Crippen LogP contribution is -1.99. The van der Waals surface area contributed by atoms with Crippen LogP contribution in [-0.2, 0) is 9.84 Å². The van der Waals surface area contributed by atoms with Crippen LogP contribution in [-0.4, -0.2) is 32.7 Å². The Kier molecular flexibility index (Phi) is 4.86. The Balaban J connectivity index is 2.17. The minimum Gasteiger partial charge on any atom is -0.504 e. The van der Waals surface area contributed by atoms with E-state index in [0.717, 1.165) is 6.26 Å². The molecule has 0 aliphatic rings. The van der Waals surface area contributed by atoms with Gasteiger partial charge in [0.2, 0.25) is 0 Å². The normalized spacial score (nSPS) is 11.6. The first-order chi connectivity index (χ1) is 10.8. The monoisotopic (exact) mass is 332 g/mol. The molecule has 0 aromatic heterocycles. The van der Waals surface area contributed by atoms with Crippen LogP contribution in [0.2, 0.25) is 0 Å². The number of sulfone groups is 1. The van der Waals surface area contributed by atoms with Gasteiger partial charge in [-0.05, 0) is 48.0 Å². The van der Waals surface area contributed by atoms with Crippen molar-refractivity contribution in [1.82, 2.24) is 0 Å². The molecule has 0 saturated heterocycles. The number of carbonyl (C=O) groups excluding carboxylic acids is 1. The summed E-state index contributed by atoms with van der Waals surface area (Å²) in [5.74, 6) is 0.0739. The lowest BCUT2D eigenvalue weighted by Gasteiger charge is -2.03. The van der Waals surface area contributed by atoms with Crippen molar-refractivity contribution in [3.63, 3.8) is 0 Å². The van der Waals surface area contributed by atoms with Gasteiger partial charge in [0, 0.05) is 11.8 Å². The van der Waals surface area contributed by atoms with E-state index in [1.54, 1.807) is 18.2 Å². The number of ketones is 1. The Hall–Kier alpha value is -2.60. The van der Waals surface area contributed by atoms with Crippen LogP contribution < -0.4 is 4.74 Å². The van der Waals surface area contributed by atoms with Gasteiger partial charge in [-0.15, -0.1) is 0 Å². The number of methoxy groups -OCH3 is 1. The van der Waals surface area contributed by atoms with E-state index in [2.05, 4.69) is 0 Å². The molecule has 2 aromatic carbocycles. The van der Waals surface area contributed by atoms with Gasteiger partial charge in [-0.1, -0.05) is 12.1 Å². The van der Waals surface area contributed by atoms with E-state index in [9.17, 15) is 18.3 Å². The number of benzene rings is 2. The van der Waals surface area contributed by atoms with Gasteiger partial charge in [-0.25, -0.2) is 8.42 Å². The highest BCUT2D eigenvalue weighted by molar-refractivity contribution is 7.90. The first-order valence-electron chi connectivity index (χ1n) is 6.71. The van der Waals surface area contributed by atoms with E-state index in [1.165, 1.54) is 43.5 Å². The average Bonchev–Trinajstić information content (AvgIpc) is 2.52. The minimum absolute atomic E-state index is 0.0143. The van der Waals surface area contributed by atoms with E-state index < -0.39 is 9.84 Å². The molecule has 120 valence electrons. The van der Waals surface area contributed by atoms with Gasteiger partial charge in [-0.2, -0.15) is 0 Å². The molecule has 0 atom stereocenters. The number of phenols is 1. The number of rotatable bonds is 5. The molecule has 0 aliphatic heterocycles. The van der Waals surface area contributed by atoms with Crippen LogP contribution in [0.3, 0.4) is 0 Å². The molecule has 0 fully saturated rings. The fourth-order valence-corrected chi connectivity index (χ4v) is 2.58. The maximum absolute atomic E-state index is 12.1. The average molecular weight is 332 g/mol. The lowest BCUT2D eigenvalue weighted by molar-refractivity contribution is 0.104. The summed E-state index contributed by atoms with van der Waals surface area (Å²) >= 11 is 0. The highest BCUT2D eigenvalue weighted by Gasteiger charge is 2.08. The van der Waals surface area contributed by atoms with Crippen molar-refractivity contribution in [2.75, 3.05) is 13.4 Å². The quantitative estimate of drug-likeness (QED) is 0.672. The Morgan fingerprint density at radius 3 is 2.30 bits per heavy atom. The number of ether oxygens (including phenoxy) is 1. The van der Waals surface area contributed by atoms with Crippen molar-refractivity contribution in [2.45, 2.75) is 4.90 Å². The first kappa shape index (κ1) is 16.8. The van der Waals surface area contributed by atoms with Crippen LogP contribution in [0.25, 0.3) is 6.08 Å². The van der Waals surface area contributed by atoms with Crippen LogP contribution in [0, 0.1) is 0 Å². The predicted molar refractivity (Wildman–Crippen MR) is 87.6 cm³/mol. The summed E-state index contributed by atoms with van der Waals surface area (Å²) in [6.07, 6.45) is 4.03. The maximum atomic E-state index is 12.1. The summed E-state index contributed by atoms with van der Waals surface area (Å²) in [6, 6.07) is 10.5. The second-order valence-corrected chi connectivity index (χ2v) is 6.94. The molecule has 6 heteroatoms. The third-order valence-corrected chi connectivity index (χ3v) is 4.33. The Labute approximate surface area is 134 Å². The molecular weight excluding hydrogens is 316 g/mol. The number of carbonyl (C=O) groups is 1. The summed E-state index contributed by atoms with van der Waals surface area (Å²) < 4.78 is 27.7. The second kappa shape index (κ2) is 6.66. The standard InChI is InChI=1S/C17H16O5S/c1-22-17-10-4-12(11-16(17)19)3-9-15(18)13-5-7-14(8-6-13)23(2,20)21/h3-11,19H,1-2H3/b9-3+. The summed E-state index contributed by atoms with van der Waals surface area (Å²) in [5.41, 5.74) is 1.02. The van der Waals surface area contributed by atoms with E-state index in [4.69, 9.17) is 4.74 Å². The molecule has 0 spiro atoms. The van der Waals surface area contributed by atoms with Crippen molar-refractivity contribution in [1.29, 1.82) is 0 Å². The lowest BCUT2D eigenvalue weighted by atomic mass is 10.1. The largest absolute Gasteiger partial charge is 0.504 e. The van der Waals surface area contributed by atoms with E-state index in [0.29, 0.717) is 16.9 Å². The Morgan fingerprint density at radius 1 is 1.13 bits per heavy atom. The van der Waals surface area contributed by atoms with Crippen LogP contribution in [0.4, 0.5) is 0 Å². The molecular formula is C17H16O5S. The Morgan fingerprint density at radius 2 is 1.78 bits per heavy atom. The summed E-state index contributed by atoms with van der Waals surface area (Å²) in [5, 5.41) is 9.68. The third kappa shape index (κ3) is 4.20. The van der Waals surface area contributed by atoms with Gasteiger partial charge >= 0.3 is 0 Å². The van der Waals surface area contributed by atoms with Crippen molar-refractivity contribution >= 4 is 21.7 Å². The van der Waals surface area contributed by atoms with Crippen LogP contribution >= 0.6 is 0 Å². The van der Waals surface area contributed by atoms with Gasteiger partial charge in [-0.3, -0.25) is 4.79 Å². The second-order valence-electron chi connectivity index (χ2n) is 4.93. The molecule has 0 radical (unpaired) electrons. The molecule has 1 N–H and O–H groups in total. The zero-order valence-corrected chi connectivity index (χ0v) is 13.5. The highest BCUT2D eigenvalue weighted by Crippen LogP contribution is 2.26. The van der Waals surface area contributed by atoms with Crippen molar-refractivity contribution in [3.05, 3.63) is 59.7 Å². The summed E-state index contributed by atoms with van der Waals surface area (Å²) in [4.78, 5) is 12.2. The van der Waals surface area contributed by atoms with E-state index in [1.807, 2.05) is 0 Å². The number of aromatic hydroxyl groups is 1. The molecule has 0 aliphatic carbocycles. The van der Waals surface area contributed by atoms with Crippen LogP contribution in [0.15, 0.2) is 53.4 Å². The minimum atomic E-state index is -3.28. The van der Waals surface area contributed by atoms with E-state index >= 15 is 0 Å². The third-order valence-electron chi connectivity index (χ3n) is 3.20. The van der Waals surface area contributed by atoms with Crippen molar-refractivity contribution < 1.29 is 23.1 Å². The molecule has 23 heavy (non-hydrogen) atoms. The topological polar surface area (TPSA) is 80.7 Å². The number of hydrogen-bond donors (Lipinski definition) is 1. The van der Waals surface area contributed by atoms with E-state index in [-0.39, 0.29) is 16.4 Å². The molecule has 2 aromatic rings. The summed E-state index contributed by atoms with van der Waals surface area (Å²) in [6.45, 7) is 0. The molecule has 0 amide bonds. The van der Waals surface area contributed by atoms with Gasteiger partial charge < -0.3 is 9.84 Å². The first-order valence-corrected chi connectivity index (χ1v) is 8.60. The summed E-state index contributed by atoms with van der Waals surface area (Å²) in [7, 11) is -1.83. The number of allylic oxidation sites excluding steroid dienone is 1. The van der Waals surface area contributed by atoms with Crippen molar-refractivity contribution in [3.8, 4) is 11.5 Å². The van der Waals surface area contributed by atoms with Crippen LogP contribution in [0.1, 0.15) is 15.9 Å². The SMILES string of the molecule is COc1ccc(/C=C/C(=O)c2ccc(S(C)(=O)=O)cc2)cc1O. The van der Waals surface area contributed by atoms with Crippen LogP contribution in [0.5, 0.6) is 11.5 Å². The fourth-order valence-electron chi connectivity index (χ4n) is 1.95. The molecule has 0 bridgehead atoms. The van der Waals surface area contributed by atoms with Gasteiger partial charge in [0.15, 0.2) is 27.1 Å².